The highest BCUT2D eigenvalue weighted by atomic mass is 79.9. The molecule has 0 saturated carbocycles. The zero-order valence-corrected chi connectivity index (χ0v) is 14.8. The van der Waals surface area contributed by atoms with E-state index in [4.69, 9.17) is 4.74 Å². The number of hydrogen-bond donors (Lipinski definition) is 0. The minimum absolute atomic E-state index is 0.0448. The van der Waals surface area contributed by atoms with Crippen molar-refractivity contribution < 1.29 is 54.1 Å². The maximum absolute atomic E-state index is 13.7. The molecular weight excluding hydrogens is 496 g/mol. The Balaban J connectivity index is 5.23. The van der Waals surface area contributed by atoms with Crippen molar-refractivity contribution in [3.8, 4) is 0 Å². The number of halogens is 10. The molecule has 0 N–H and O–H groups in total. The van der Waals surface area contributed by atoms with Gasteiger partial charge in [0.25, 0.3) is 0 Å². The first-order valence-corrected chi connectivity index (χ1v) is 7.75. The van der Waals surface area contributed by atoms with Gasteiger partial charge in [-0.2, -0.15) is 35.1 Å². The van der Waals surface area contributed by atoms with Crippen molar-refractivity contribution in [3.63, 3.8) is 0 Å². The van der Waals surface area contributed by atoms with Crippen molar-refractivity contribution in [1.29, 1.82) is 0 Å². The molecule has 0 aromatic carbocycles. The van der Waals surface area contributed by atoms with Gasteiger partial charge in [-0.1, -0.05) is 15.9 Å². The summed E-state index contributed by atoms with van der Waals surface area (Å²) < 4.78 is 113. The molecule has 0 bridgehead atoms. The van der Waals surface area contributed by atoms with Crippen LogP contribution in [0.1, 0.15) is 6.92 Å². The lowest BCUT2D eigenvalue weighted by Crippen LogP contribution is -2.57. The lowest BCUT2D eigenvalue weighted by Gasteiger charge is -2.31. The van der Waals surface area contributed by atoms with Crippen molar-refractivity contribution in [2.45, 2.75) is 36.0 Å². The molecule has 0 radical (unpaired) electrons. The van der Waals surface area contributed by atoms with Crippen LogP contribution in [0.25, 0.3) is 0 Å². The average Bonchev–Trinajstić information content (AvgIpc) is 2.39. The lowest BCUT2D eigenvalue weighted by atomic mass is 10.3. The van der Waals surface area contributed by atoms with Crippen molar-refractivity contribution in [3.05, 3.63) is 0 Å². The summed E-state index contributed by atoms with van der Waals surface area (Å²) in [5.41, 5.74) is 0. The monoisotopic (exact) mass is 504 g/mol. The third kappa shape index (κ3) is 6.26. The number of hydrogen-bond acceptors (Lipinski definition) is 4. The molecule has 0 spiro atoms. The van der Waals surface area contributed by atoms with E-state index in [-0.39, 0.29) is 6.61 Å². The first kappa shape index (κ1) is 23.8. The molecule has 0 aromatic rings. The standard InChI is InChI=1S/C10H10Br2F8O4/c1-5(22-3-2-11)4-23-6(21)7(13,9(16,17)18)24-10(19,20)8(12,14)15/h5H,2-4H2,1H3. The zero-order valence-electron chi connectivity index (χ0n) is 11.6. The van der Waals surface area contributed by atoms with Gasteiger partial charge in [-0.05, 0) is 6.92 Å². The van der Waals surface area contributed by atoms with Crippen LogP contribution in [0.15, 0.2) is 0 Å². The summed E-state index contributed by atoms with van der Waals surface area (Å²) in [6.07, 6.45) is -13.4. The number of rotatable bonds is 9. The second kappa shape index (κ2) is 8.45. The summed E-state index contributed by atoms with van der Waals surface area (Å²) in [5.74, 6) is -8.79. The van der Waals surface area contributed by atoms with Crippen molar-refractivity contribution in [2.24, 2.45) is 0 Å². The van der Waals surface area contributed by atoms with Crippen LogP contribution in [0, 0.1) is 0 Å². The van der Waals surface area contributed by atoms with E-state index in [0.29, 0.717) is 5.33 Å². The van der Waals surface area contributed by atoms with Crippen LogP contribution >= 0.6 is 31.9 Å². The van der Waals surface area contributed by atoms with E-state index in [1.165, 1.54) is 6.92 Å². The minimum Gasteiger partial charge on any atom is -0.458 e. The van der Waals surface area contributed by atoms with Crippen LogP contribution in [0.5, 0.6) is 0 Å². The van der Waals surface area contributed by atoms with E-state index in [0.717, 1.165) is 15.9 Å². The Morgan fingerprint density at radius 2 is 1.58 bits per heavy atom. The molecule has 14 heteroatoms. The van der Waals surface area contributed by atoms with Gasteiger partial charge >= 0.3 is 28.9 Å². The number of ether oxygens (including phenoxy) is 3. The maximum atomic E-state index is 13.7. The molecular formula is C10H10Br2F8O4. The van der Waals surface area contributed by atoms with Crippen LogP contribution in [0.3, 0.4) is 0 Å². The number of carbonyl (C=O) groups is 1. The van der Waals surface area contributed by atoms with Gasteiger partial charge in [0, 0.05) is 21.3 Å². The Kier molecular flexibility index (Phi) is 8.37. The van der Waals surface area contributed by atoms with Crippen LogP contribution in [-0.4, -0.2) is 53.6 Å². The van der Waals surface area contributed by atoms with Gasteiger partial charge in [0.2, 0.25) is 0 Å². The predicted molar refractivity (Wildman–Crippen MR) is 70.0 cm³/mol. The SMILES string of the molecule is CC(COC(=O)C(F)(OC(F)(F)C(F)(F)Br)C(F)(F)F)OCCBr. The Morgan fingerprint density at radius 1 is 1.08 bits per heavy atom. The molecule has 0 amide bonds. The molecule has 144 valence electrons. The molecule has 24 heavy (non-hydrogen) atoms. The molecule has 0 fully saturated rings. The molecule has 0 aromatic heterocycles. The fourth-order valence-electron chi connectivity index (χ4n) is 1.03. The predicted octanol–water partition coefficient (Wildman–Crippen LogP) is 4.15. The first-order chi connectivity index (χ1) is 10.6. The third-order valence-electron chi connectivity index (χ3n) is 2.15. The minimum atomic E-state index is -6.41. The van der Waals surface area contributed by atoms with E-state index < -0.39 is 41.7 Å². The second-order valence-corrected chi connectivity index (χ2v) is 5.97. The lowest BCUT2D eigenvalue weighted by molar-refractivity contribution is -0.424. The fourth-order valence-corrected chi connectivity index (χ4v) is 1.30. The van der Waals surface area contributed by atoms with Gasteiger partial charge in [0.15, 0.2) is 0 Å². The fraction of sp³-hybridized carbons (Fsp3) is 0.900. The molecule has 0 saturated heterocycles. The summed E-state index contributed by atoms with van der Waals surface area (Å²) in [7, 11) is 0. The highest BCUT2D eigenvalue weighted by Crippen LogP contribution is 2.47. The van der Waals surface area contributed by atoms with Crippen LogP contribution in [-0.2, 0) is 19.0 Å². The Bertz CT molecular complexity index is 428. The van der Waals surface area contributed by atoms with Gasteiger partial charge in [0.1, 0.15) is 6.61 Å². The molecule has 0 aliphatic carbocycles. The van der Waals surface area contributed by atoms with Crippen molar-refractivity contribution in [2.75, 3.05) is 18.5 Å². The summed E-state index contributed by atoms with van der Waals surface area (Å²) in [4.78, 5) is 5.81. The van der Waals surface area contributed by atoms with Crippen LogP contribution < -0.4 is 0 Å². The molecule has 4 nitrogen and oxygen atoms in total. The van der Waals surface area contributed by atoms with Crippen LogP contribution in [0.4, 0.5) is 35.1 Å². The molecule has 0 heterocycles. The maximum Gasteiger partial charge on any atom is 0.460 e. The zero-order chi connectivity index (χ0) is 19.4. The highest BCUT2D eigenvalue weighted by Gasteiger charge is 2.72. The molecule has 2 atom stereocenters. The van der Waals surface area contributed by atoms with E-state index in [1.807, 2.05) is 0 Å². The average molecular weight is 506 g/mol. The Morgan fingerprint density at radius 3 is 1.96 bits per heavy atom. The molecule has 0 aliphatic rings. The molecule has 0 aliphatic heterocycles. The normalized spacial score (nSPS) is 17.3. The van der Waals surface area contributed by atoms with E-state index in [9.17, 15) is 39.9 Å². The molecule has 0 rings (SSSR count). The number of alkyl halides is 10. The van der Waals surface area contributed by atoms with E-state index in [1.54, 1.807) is 0 Å². The largest absolute Gasteiger partial charge is 0.460 e. The highest BCUT2D eigenvalue weighted by molar-refractivity contribution is 9.10. The van der Waals surface area contributed by atoms with Gasteiger partial charge in [0.05, 0.1) is 12.7 Å². The summed E-state index contributed by atoms with van der Waals surface area (Å²) in [6, 6.07) is 0. The van der Waals surface area contributed by atoms with Crippen molar-refractivity contribution in [1.82, 2.24) is 0 Å². The Hall–Kier alpha value is -0.210. The topological polar surface area (TPSA) is 44.8 Å². The number of esters is 1. The summed E-state index contributed by atoms with van der Waals surface area (Å²) in [5, 5.41) is 0.316. The van der Waals surface area contributed by atoms with Crippen LogP contribution in [0.2, 0.25) is 0 Å². The van der Waals surface area contributed by atoms with E-state index in [2.05, 4.69) is 25.4 Å². The smallest absolute Gasteiger partial charge is 0.458 e. The second-order valence-electron chi connectivity index (χ2n) is 4.18. The van der Waals surface area contributed by atoms with Gasteiger partial charge in [-0.3, -0.25) is 4.74 Å². The number of carbonyl (C=O) groups excluding carboxylic acids is 1. The van der Waals surface area contributed by atoms with Crippen molar-refractivity contribution >= 4 is 37.8 Å². The summed E-state index contributed by atoms with van der Waals surface area (Å²) in [6.45, 7) is 0.294. The summed E-state index contributed by atoms with van der Waals surface area (Å²) >= 11 is 3.99. The third-order valence-corrected chi connectivity index (χ3v) is 2.94. The Labute approximate surface area is 147 Å². The van der Waals surface area contributed by atoms with Gasteiger partial charge < -0.3 is 9.47 Å². The first-order valence-electron chi connectivity index (χ1n) is 5.83. The molecule has 2 unspecified atom stereocenters. The van der Waals surface area contributed by atoms with Gasteiger partial charge in [-0.15, -0.1) is 0 Å². The quantitative estimate of drug-likeness (QED) is 0.268. The van der Waals surface area contributed by atoms with Gasteiger partial charge in [-0.25, -0.2) is 4.79 Å². The van der Waals surface area contributed by atoms with E-state index >= 15 is 0 Å².